The Balaban J connectivity index is 0.00000169. The molecule has 0 unspecified atom stereocenters. The third kappa shape index (κ3) is 1.66. The van der Waals surface area contributed by atoms with E-state index in [1.165, 1.54) is 25.1 Å². The molecular weight excluding hydrogens is 172 g/mol. The molecule has 1 rings (SSSR count). The molecule has 0 aliphatic rings. The molecule has 13 heavy (non-hydrogen) atoms. The van der Waals surface area contributed by atoms with Crippen LogP contribution >= 0.6 is 0 Å². The van der Waals surface area contributed by atoms with Gasteiger partial charge >= 0.3 is 11.9 Å². The Kier molecular flexibility index (Phi) is 2.32. The van der Waals surface area contributed by atoms with Crippen LogP contribution < -0.4 is 0 Å². The summed E-state index contributed by atoms with van der Waals surface area (Å²) in [7, 11) is 0. The highest BCUT2D eigenvalue weighted by Crippen LogP contribution is 2.13. The van der Waals surface area contributed by atoms with Crippen molar-refractivity contribution in [2.24, 2.45) is 0 Å². The Bertz CT molecular complexity index is 341. The van der Waals surface area contributed by atoms with Gasteiger partial charge in [-0.25, -0.2) is 9.59 Å². The smallest absolute Gasteiger partial charge is 0.335 e. The van der Waals surface area contributed by atoms with Crippen LogP contribution in [-0.2, 0) is 0 Å². The lowest BCUT2D eigenvalue weighted by molar-refractivity contribution is 0.0696. The zero-order valence-corrected chi connectivity index (χ0v) is 6.94. The van der Waals surface area contributed by atoms with Crippen LogP contribution in [-0.4, -0.2) is 22.2 Å². The van der Waals surface area contributed by atoms with Gasteiger partial charge in [0, 0.05) is 1.43 Å². The molecule has 0 aliphatic carbocycles. The third-order valence-corrected chi connectivity index (χ3v) is 1.79. The van der Waals surface area contributed by atoms with Crippen molar-refractivity contribution in [2.45, 2.75) is 6.92 Å². The molecule has 1 radical (unpaired) electrons. The van der Waals surface area contributed by atoms with Gasteiger partial charge in [0.05, 0.1) is 11.1 Å². The first kappa shape index (κ1) is 9.25. The predicted octanol–water partition coefficient (Wildman–Crippen LogP) is 1.50. The zero-order valence-electron chi connectivity index (χ0n) is 7.94. The molecule has 0 amide bonds. The Morgan fingerprint density at radius 2 is 1.54 bits per heavy atom. The fraction of sp³-hybridized carbons (Fsp3) is 0.111. The van der Waals surface area contributed by atoms with Crippen molar-refractivity contribution in [3.8, 4) is 0 Å². The molecule has 0 saturated heterocycles. The van der Waals surface area contributed by atoms with Crippen molar-refractivity contribution in [1.82, 2.24) is 0 Å². The van der Waals surface area contributed by atoms with Crippen LogP contribution in [0.15, 0.2) is 18.2 Å². The highest BCUT2D eigenvalue weighted by atomic mass is 16.4. The van der Waals surface area contributed by atoms with Gasteiger partial charge in [-0.15, -0.1) is 0 Å². The monoisotopic (exact) mass is 182 g/mol. The highest BCUT2D eigenvalue weighted by Gasteiger charge is 2.13. The molecule has 0 spiro atoms. The Morgan fingerprint density at radius 3 is 1.85 bits per heavy atom. The van der Waals surface area contributed by atoms with E-state index in [1.807, 2.05) is 0 Å². The van der Waals surface area contributed by atoms with Crippen molar-refractivity contribution >= 4 is 11.9 Å². The van der Waals surface area contributed by atoms with Gasteiger partial charge in [0.15, 0.2) is 0 Å². The van der Waals surface area contributed by atoms with Crippen molar-refractivity contribution in [2.75, 3.05) is 0 Å². The Labute approximate surface area is 75.9 Å². The molecule has 69 valence electrons. The molecule has 0 heterocycles. The topological polar surface area (TPSA) is 74.6 Å². The summed E-state index contributed by atoms with van der Waals surface area (Å²) in [6, 6.07) is 4.17. The van der Waals surface area contributed by atoms with E-state index in [2.05, 4.69) is 0 Å². The molecule has 4 heteroatoms. The molecule has 0 saturated carbocycles. The number of carboxylic acid groups (broad SMARTS) is 2. The van der Waals surface area contributed by atoms with Gasteiger partial charge in [-0.05, 0) is 24.6 Å². The summed E-state index contributed by atoms with van der Waals surface area (Å²) < 4.78 is 0. The van der Waals surface area contributed by atoms with Crippen LogP contribution in [0.25, 0.3) is 0 Å². The molecule has 0 aliphatic heterocycles. The van der Waals surface area contributed by atoms with Crippen molar-refractivity contribution < 1.29 is 21.2 Å². The van der Waals surface area contributed by atoms with E-state index in [-0.39, 0.29) is 18.1 Å². The second-order valence-electron chi connectivity index (χ2n) is 2.59. The van der Waals surface area contributed by atoms with Crippen molar-refractivity contribution in [1.29, 1.82) is 0 Å². The number of carbonyl (C=O) groups is 2. The van der Waals surface area contributed by atoms with Gasteiger partial charge in [0.25, 0.3) is 0 Å². The van der Waals surface area contributed by atoms with Crippen molar-refractivity contribution in [3.63, 3.8) is 0 Å². The Hall–Kier alpha value is -1.84. The molecule has 1 aromatic carbocycles. The molecule has 0 atom stereocenters. The van der Waals surface area contributed by atoms with E-state index < -0.39 is 11.9 Å². The van der Waals surface area contributed by atoms with Crippen LogP contribution in [0.1, 0.15) is 27.7 Å². The summed E-state index contributed by atoms with van der Waals surface area (Å²) in [4.78, 5) is 21.2. The number of carboxylic acids is 2. The van der Waals surface area contributed by atoms with E-state index >= 15 is 0 Å². The molecule has 0 fully saturated rings. The minimum Gasteiger partial charge on any atom is -0.478 e. The van der Waals surface area contributed by atoms with E-state index in [1.54, 1.807) is 0 Å². The van der Waals surface area contributed by atoms with Crippen LogP contribution in [0.2, 0.25) is 0 Å². The lowest BCUT2D eigenvalue weighted by Gasteiger charge is -2.03. The number of rotatable bonds is 2. The Morgan fingerprint density at radius 1 is 1.15 bits per heavy atom. The quantitative estimate of drug-likeness (QED) is 0.726. The summed E-state index contributed by atoms with van der Waals surface area (Å²) in [6.07, 6.45) is 0. The summed E-state index contributed by atoms with van der Waals surface area (Å²) in [5.74, 6) is -2.22. The van der Waals surface area contributed by atoms with Gasteiger partial charge in [0.2, 0.25) is 0 Å². The van der Waals surface area contributed by atoms with Crippen molar-refractivity contribution in [3.05, 3.63) is 34.9 Å². The van der Waals surface area contributed by atoms with E-state index in [0.29, 0.717) is 0 Å². The van der Waals surface area contributed by atoms with Crippen LogP contribution in [0, 0.1) is 6.92 Å². The predicted molar refractivity (Wildman–Crippen MR) is 46.2 cm³/mol. The molecule has 2 N–H and O–H groups in total. The summed E-state index contributed by atoms with van der Waals surface area (Å²) in [6.45, 7) is 1.48. The molecule has 4 nitrogen and oxygen atoms in total. The molecule has 0 bridgehead atoms. The number of benzene rings is 1. The highest BCUT2D eigenvalue weighted by molar-refractivity contribution is 5.96. The lowest BCUT2D eigenvalue weighted by atomic mass is 10.0. The average molecular weight is 182 g/mol. The van der Waals surface area contributed by atoms with Gasteiger partial charge in [-0.2, -0.15) is 0 Å². The van der Waals surface area contributed by atoms with E-state index in [0.717, 1.165) is 0 Å². The van der Waals surface area contributed by atoms with E-state index in [4.69, 9.17) is 10.2 Å². The third-order valence-electron chi connectivity index (χ3n) is 1.79. The number of aromatic carboxylic acids is 2. The standard InChI is InChI=1S/C9H8O4.H/c1-5-6(8(10)11)3-2-4-7(5)9(12)13;/h2-4H,1H3,(H,10,11)(H,12,13);/i;1+1. The maximum atomic E-state index is 10.6. The molecule has 0 aromatic heterocycles. The first-order valence-electron chi connectivity index (χ1n) is 3.60. The number of hydrogen-bond donors (Lipinski definition) is 2. The second-order valence-corrected chi connectivity index (χ2v) is 2.59. The fourth-order valence-electron chi connectivity index (χ4n) is 1.10. The maximum Gasteiger partial charge on any atom is 0.335 e. The molecular formula is C9H9O4. The van der Waals surface area contributed by atoms with Gasteiger partial charge in [-0.3, -0.25) is 0 Å². The minimum absolute atomic E-state index is 0. The first-order valence-corrected chi connectivity index (χ1v) is 3.60. The first-order chi connectivity index (χ1) is 6.04. The van der Waals surface area contributed by atoms with Crippen LogP contribution in [0.3, 0.4) is 0 Å². The van der Waals surface area contributed by atoms with E-state index in [9.17, 15) is 9.59 Å². The van der Waals surface area contributed by atoms with Crippen LogP contribution in [0.5, 0.6) is 0 Å². The maximum absolute atomic E-state index is 10.6. The molecule has 1 aromatic rings. The van der Waals surface area contributed by atoms with Crippen LogP contribution in [0.4, 0.5) is 0 Å². The normalized spacial score (nSPS) is 9.62. The largest absolute Gasteiger partial charge is 0.478 e. The lowest BCUT2D eigenvalue weighted by Crippen LogP contribution is -2.06. The summed E-state index contributed by atoms with van der Waals surface area (Å²) >= 11 is 0. The second kappa shape index (κ2) is 3.26. The average Bonchev–Trinajstić information content (AvgIpc) is 2.03. The zero-order chi connectivity index (χ0) is 10.0. The number of hydrogen-bond acceptors (Lipinski definition) is 2. The summed E-state index contributed by atoms with van der Waals surface area (Å²) in [5, 5.41) is 17.4. The van der Waals surface area contributed by atoms with Gasteiger partial charge in [-0.1, -0.05) is 6.07 Å². The minimum atomic E-state index is -1.11. The fourth-order valence-corrected chi connectivity index (χ4v) is 1.10. The van der Waals surface area contributed by atoms with Gasteiger partial charge < -0.3 is 10.2 Å². The van der Waals surface area contributed by atoms with Gasteiger partial charge in [0.1, 0.15) is 0 Å². The SMILES string of the molecule is Cc1c(C(=O)O)cccc1C(=O)O.[2H]. The summed E-state index contributed by atoms with van der Waals surface area (Å²) in [5.41, 5.74) is 0.335.